The van der Waals surface area contributed by atoms with Crippen LogP contribution < -0.4 is 10.6 Å². The minimum absolute atomic E-state index is 0.290. The molecule has 0 spiro atoms. The van der Waals surface area contributed by atoms with Gasteiger partial charge in [0, 0.05) is 33.0 Å². The summed E-state index contributed by atoms with van der Waals surface area (Å²) in [6.07, 6.45) is 4.28. The topological polar surface area (TPSA) is 68.3 Å². The quantitative estimate of drug-likeness (QED) is 0.709. The zero-order valence-electron chi connectivity index (χ0n) is 10.7. The fraction of sp³-hybridized carbons (Fsp3) is 0.667. The van der Waals surface area contributed by atoms with E-state index in [0.717, 1.165) is 38.4 Å². The van der Waals surface area contributed by atoms with Crippen LogP contribution in [0.2, 0.25) is 0 Å². The molecular formula is C12H20N4O2. The number of nitrogens with one attached hydrogen (secondary N) is 2. The molecule has 2 rings (SSSR count). The monoisotopic (exact) mass is 252 g/mol. The molecule has 100 valence electrons. The van der Waals surface area contributed by atoms with Gasteiger partial charge in [0.05, 0.1) is 12.7 Å². The van der Waals surface area contributed by atoms with Gasteiger partial charge in [0.25, 0.3) is 0 Å². The van der Waals surface area contributed by atoms with Crippen LogP contribution in [0.15, 0.2) is 12.3 Å². The molecule has 1 aromatic rings. The van der Waals surface area contributed by atoms with E-state index in [1.54, 1.807) is 13.3 Å². The highest BCUT2D eigenvalue weighted by Gasteiger charge is 2.15. The number of methoxy groups -OCH3 is 1. The number of nitrogens with zero attached hydrogens (tertiary/aromatic N) is 2. The molecule has 0 amide bonds. The van der Waals surface area contributed by atoms with E-state index >= 15 is 0 Å². The summed E-state index contributed by atoms with van der Waals surface area (Å²) < 4.78 is 10.5. The Morgan fingerprint density at radius 1 is 1.50 bits per heavy atom. The first-order chi connectivity index (χ1) is 8.88. The van der Waals surface area contributed by atoms with Gasteiger partial charge in [-0.05, 0) is 18.9 Å². The number of anilines is 2. The molecule has 0 bridgehead atoms. The van der Waals surface area contributed by atoms with E-state index in [1.807, 2.05) is 6.07 Å². The van der Waals surface area contributed by atoms with Crippen LogP contribution in [0.3, 0.4) is 0 Å². The Labute approximate surface area is 107 Å². The lowest BCUT2D eigenvalue weighted by Crippen LogP contribution is -2.20. The van der Waals surface area contributed by atoms with E-state index < -0.39 is 0 Å². The molecule has 0 aromatic carbocycles. The third kappa shape index (κ3) is 4.12. The van der Waals surface area contributed by atoms with Crippen molar-refractivity contribution >= 4 is 11.8 Å². The van der Waals surface area contributed by atoms with E-state index in [0.29, 0.717) is 18.7 Å². The highest BCUT2D eigenvalue weighted by molar-refractivity contribution is 5.39. The van der Waals surface area contributed by atoms with Crippen LogP contribution in [-0.4, -0.2) is 49.5 Å². The lowest BCUT2D eigenvalue weighted by atomic mass is 10.2. The number of ether oxygens (including phenoxy) is 2. The van der Waals surface area contributed by atoms with Crippen LogP contribution in [-0.2, 0) is 9.47 Å². The molecule has 1 fully saturated rings. The molecule has 1 aliphatic rings. The van der Waals surface area contributed by atoms with Crippen molar-refractivity contribution in [3.63, 3.8) is 0 Å². The standard InChI is InChI=1S/C12H20N4O2/c1-17-8-6-13-11-4-5-14-12(16-11)15-9-10-3-2-7-18-10/h4-5,10H,2-3,6-9H2,1H3,(H2,13,14,15,16). The summed E-state index contributed by atoms with van der Waals surface area (Å²) in [5.41, 5.74) is 0. The zero-order valence-corrected chi connectivity index (χ0v) is 10.7. The van der Waals surface area contributed by atoms with Gasteiger partial charge in [0.2, 0.25) is 5.95 Å². The molecule has 0 radical (unpaired) electrons. The van der Waals surface area contributed by atoms with E-state index in [-0.39, 0.29) is 0 Å². The number of hydrogen-bond acceptors (Lipinski definition) is 6. The van der Waals surface area contributed by atoms with Gasteiger partial charge in [-0.25, -0.2) is 4.98 Å². The fourth-order valence-electron chi connectivity index (χ4n) is 1.83. The van der Waals surface area contributed by atoms with Crippen molar-refractivity contribution in [1.29, 1.82) is 0 Å². The van der Waals surface area contributed by atoms with Crippen LogP contribution in [0, 0.1) is 0 Å². The van der Waals surface area contributed by atoms with Crippen molar-refractivity contribution in [2.45, 2.75) is 18.9 Å². The second-order valence-electron chi connectivity index (χ2n) is 4.20. The second kappa shape index (κ2) is 7.13. The Balaban J connectivity index is 1.78. The predicted molar refractivity (Wildman–Crippen MR) is 69.9 cm³/mol. The molecule has 1 aliphatic heterocycles. The molecule has 1 unspecified atom stereocenters. The number of rotatable bonds is 7. The molecule has 1 atom stereocenters. The van der Waals surface area contributed by atoms with Crippen molar-refractivity contribution in [2.24, 2.45) is 0 Å². The van der Waals surface area contributed by atoms with E-state index in [9.17, 15) is 0 Å². The van der Waals surface area contributed by atoms with Crippen molar-refractivity contribution in [3.05, 3.63) is 12.3 Å². The van der Waals surface area contributed by atoms with Gasteiger partial charge in [0.15, 0.2) is 0 Å². The highest BCUT2D eigenvalue weighted by atomic mass is 16.5. The molecule has 1 aromatic heterocycles. The lowest BCUT2D eigenvalue weighted by Gasteiger charge is -2.11. The Bertz CT molecular complexity index is 356. The molecule has 6 nitrogen and oxygen atoms in total. The number of aromatic nitrogens is 2. The van der Waals surface area contributed by atoms with Crippen LogP contribution in [0.25, 0.3) is 0 Å². The van der Waals surface area contributed by atoms with Gasteiger partial charge < -0.3 is 20.1 Å². The third-order valence-electron chi connectivity index (χ3n) is 2.78. The van der Waals surface area contributed by atoms with Gasteiger partial charge >= 0.3 is 0 Å². The average Bonchev–Trinajstić information content (AvgIpc) is 2.90. The lowest BCUT2D eigenvalue weighted by molar-refractivity contribution is 0.120. The minimum Gasteiger partial charge on any atom is -0.383 e. The minimum atomic E-state index is 0.290. The third-order valence-corrected chi connectivity index (χ3v) is 2.78. The van der Waals surface area contributed by atoms with Gasteiger partial charge in [-0.3, -0.25) is 0 Å². The van der Waals surface area contributed by atoms with Crippen molar-refractivity contribution in [1.82, 2.24) is 9.97 Å². The van der Waals surface area contributed by atoms with Crippen LogP contribution in [0.5, 0.6) is 0 Å². The SMILES string of the molecule is COCCNc1ccnc(NCC2CCCO2)n1. The molecule has 6 heteroatoms. The molecule has 2 heterocycles. The van der Waals surface area contributed by atoms with Crippen molar-refractivity contribution in [3.8, 4) is 0 Å². The number of hydrogen-bond donors (Lipinski definition) is 2. The molecule has 1 saturated heterocycles. The van der Waals surface area contributed by atoms with Crippen LogP contribution in [0.4, 0.5) is 11.8 Å². The van der Waals surface area contributed by atoms with Gasteiger partial charge in [-0.1, -0.05) is 0 Å². The molecular weight excluding hydrogens is 232 g/mol. The van der Waals surface area contributed by atoms with E-state index in [1.165, 1.54) is 0 Å². The predicted octanol–water partition coefficient (Wildman–Crippen LogP) is 1.13. The summed E-state index contributed by atoms with van der Waals surface area (Å²) in [5, 5.41) is 6.37. The summed E-state index contributed by atoms with van der Waals surface area (Å²) >= 11 is 0. The zero-order chi connectivity index (χ0) is 12.6. The summed E-state index contributed by atoms with van der Waals surface area (Å²) in [6, 6.07) is 1.84. The van der Waals surface area contributed by atoms with Gasteiger partial charge in [-0.2, -0.15) is 4.98 Å². The fourth-order valence-corrected chi connectivity index (χ4v) is 1.83. The smallest absolute Gasteiger partial charge is 0.224 e. The van der Waals surface area contributed by atoms with Crippen LogP contribution >= 0.6 is 0 Å². The van der Waals surface area contributed by atoms with E-state index in [2.05, 4.69) is 20.6 Å². The van der Waals surface area contributed by atoms with Crippen molar-refractivity contribution in [2.75, 3.05) is 44.0 Å². The Morgan fingerprint density at radius 2 is 2.44 bits per heavy atom. The Morgan fingerprint density at radius 3 is 3.22 bits per heavy atom. The normalized spacial score (nSPS) is 18.8. The average molecular weight is 252 g/mol. The highest BCUT2D eigenvalue weighted by Crippen LogP contribution is 2.12. The largest absolute Gasteiger partial charge is 0.383 e. The maximum Gasteiger partial charge on any atom is 0.224 e. The van der Waals surface area contributed by atoms with Crippen molar-refractivity contribution < 1.29 is 9.47 Å². The Hall–Kier alpha value is -1.40. The first-order valence-corrected chi connectivity index (χ1v) is 6.30. The summed E-state index contributed by atoms with van der Waals surface area (Å²) in [4.78, 5) is 8.54. The summed E-state index contributed by atoms with van der Waals surface area (Å²) in [6.45, 7) is 3.02. The summed E-state index contributed by atoms with van der Waals surface area (Å²) in [5.74, 6) is 1.44. The maximum absolute atomic E-state index is 5.53. The maximum atomic E-state index is 5.53. The van der Waals surface area contributed by atoms with E-state index in [4.69, 9.17) is 9.47 Å². The summed E-state index contributed by atoms with van der Waals surface area (Å²) in [7, 11) is 1.68. The Kier molecular flexibility index (Phi) is 5.16. The van der Waals surface area contributed by atoms with Crippen LogP contribution in [0.1, 0.15) is 12.8 Å². The molecule has 2 N–H and O–H groups in total. The second-order valence-corrected chi connectivity index (χ2v) is 4.20. The molecule has 0 saturated carbocycles. The van der Waals surface area contributed by atoms with Gasteiger partial charge in [0.1, 0.15) is 5.82 Å². The first kappa shape index (κ1) is 13.0. The molecule has 0 aliphatic carbocycles. The first-order valence-electron chi connectivity index (χ1n) is 6.30. The van der Waals surface area contributed by atoms with Gasteiger partial charge in [-0.15, -0.1) is 0 Å². The molecule has 18 heavy (non-hydrogen) atoms.